The summed E-state index contributed by atoms with van der Waals surface area (Å²) in [7, 11) is 0. The molecule has 2 aromatic heterocycles. The standard InChI is InChI=1S/C20H24N4O2S.HI/c1-3-21-19(23-14-20(2,25)16-9-10-27-13-16)22-12-17-11-18(26-24-17)15-7-5-4-6-8-15;/h4-11,13,25H,3,12,14H2,1-2H3,(H2,21,22,23);1H. The van der Waals surface area contributed by atoms with Gasteiger partial charge in [0.15, 0.2) is 11.7 Å². The first-order valence-electron chi connectivity index (χ1n) is 8.87. The SMILES string of the molecule is CCNC(=NCc1cc(-c2ccccc2)on1)NCC(C)(O)c1ccsc1.I. The van der Waals surface area contributed by atoms with Crippen LogP contribution in [0.5, 0.6) is 0 Å². The minimum absolute atomic E-state index is 0. The Balaban J connectivity index is 0.00000280. The van der Waals surface area contributed by atoms with E-state index < -0.39 is 5.60 Å². The van der Waals surface area contributed by atoms with Crippen molar-refractivity contribution in [3.63, 3.8) is 0 Å². The van der Waals surface area contributed by atoms with Crippen molar-refractivity contribution < 1.29 is 9.63 Å². The molecule has 150 valence electrons. The molecule has 0 fully saturated rings. The van der Waals surface area contributed by atoms with Crippen molar-refractivity contribution in [2.24, 2.45) is 4.99 Å². The smallest absolute Gasteiger partial charge is 0.191 e. The molecule has 0 aliphatic rings. The summed E-state index contributed by atoms with van der Waals surface area (Å²) in [6, 6.07) is 13.7. The minimum Gasteiger partial charge on any atom is -0.384 e. The van der Waals surface area contributed by atoms with Crippen LogP contribution in [0, 0.1) is 0 Å². The number of nitrogens with zero attached hydrogens (tertiary/aromatic N) is 2. The second kappa shape index (κ2) is 10.6. The van der Waals surface area contributed by atoms with Gasteiger partial charge in [-0.2, -0.15) is 11.3 Å². The van der Waals surface area contributed by atoms with Gasteiger partial charge in [-0.25, -0.2) is 4.99 Å². The molecule has 0 spiro atoms. The fourth-order valence-corrected chi connectivity index (χ4v) is 3.34. The molecule has 2 heterocycles. The molecular weight excluding hydrogens is 487 g/mol. The molecule has 0 aliphatic carbocycles. The molecule has 0 aliphatic heterocycles. The van der Waals surface area contributed by atoms with Crippen LogP contribution in [0.15, 0.2) is 62.7 Å². The van der Waals surface area contributed by atoms with Crippen LogP contribution in [0.1, 0.15) is 25.1 Å². The first-order chi connectivity index (χ1) is 13.1. The van der Waals surface area contributed by atoms with E-state index in [0.717, 1.165) is 29.1 Å². The van der Waals surface area contributed by atoms with Crippen LogP contribution >= 0.6 is 35.3 Å². The van der Waals surface area contributed by atoms with Gasteiger partial charge in [-0.3, -0.25) is 0 Å². The van der Waals surface area contributed by atoms with Crippen LogP contribution < -0.4 is 10.6 Å². The lowest BCUT2D eigenvalue weighted by molar-refractivity contribution is 0.0621. The number of aromatic nitrogens is 1. The van der Waals surface area contributed by atoms with Gasteiger partial charge in [0.1, 0.15) is 11.3 Å². The highest BCUT2D eigenvalue weighted by Crippen LogP contribution is 2.22. The lowest BCUT2D eigenvalue weighted by atomic mass is 9.99. The summed E-state index contributed by atoms with van der Waals surface area (Å²) >= 11 is 1.57. The molecule has 0 saturated carbocycles. The fourth-order valence-electron chi connectivity index (χ4n) is 2.56. The average molecular weight is 512 g/mol. The first-order valence-corrected chi connectivity index (χ1v) is 9.81. The number of aliphatic hydroxyl groups is 1. The number of thiophene rings is 1. The van der Waals surface area contributed by atoms with E-state index >= 15 is 0 Å². The lowest BCUT2D eigenvalue weighted by Crippen LogP contribution is -2.44. The molecule has 1 aromatic carbocycles. The van der Waals surface area contributed by atoms with Crippen molar-refractivity contribution in [2.75, 3.05) is 13.1 Å². The summed E-state index contributed by atoms with van der Waals surface area (Å²) in [6.45, 7) is 5.24. The Labute approximate surface area is 186 Å². The number of rotatable bonds is 7. The summed E-state index contributed by atoms with van der Waals surface area (Å²) in [4.78, 5) is 4.54. The van der Waals surface area contributed by atoms with Crippen LogP contribution in [-0.2, 0) is 12.1 Å². The largest absolute Gasteiger partial charge is 0.384 e. The topological polar surface area (TPSA) is 82.7 Å². The highest BCUT2D eigenvalue weighted by molar-refractivity contribution is 14.0. The molecule has 3 aromatic rings. The van der Waals surface area contributed by atoms with E-state index in [1.807, 2.05) is 60.1 Å². The molecule has 1 unspecified atom stereocenters. The number of hydrogen-bond acceptors (Lipinski definition) is 5. The molecular formula is C20H25IN4O2S. The quantitative estimate of drug-likeness (QED) is 0.254. The first kappa shape index (κ1) is 22.4. The molecule has 6 nitrogen and oxygen atoms in total. The van der Waals surface area contributed by atoms with E-state index in [4.69, 9.17) is 4.52 Å². The predicted molar refractivity (Wildman–Crippen MR) is 124 cm³/mol. The fraction of sp³-hybridized carbons (Fsp3) is 0.300. The third-order valence-electron chi connectivity index (χ3n) is 4.10. The maximum Gasteiger partial charge on any atom is 0.191 e. The Morgan fingerprint density at radius 2 is 2.04 bits per heavy atom. The molecule has 0 radical (unpaired) electrons. The molecule has 3 N–H and O–H groups in total. The van der Waals surface area contributed by atoms with Crippen molar-refractivity contribution in [2.45, 2.75) is 26.0 Å². The van der Waals surface area contributed by atoms with Gasteiger partial charge in [0, 0.05) is 18.2 Å². The number of halogens is 1. The van der Waals surface area contributed by atoms with Gasteiger partial charge in [0.25, 0.3) is 0 Å². The van der Waals surface area contributed by atoms with Crippen molar-refractivity contribution in [1.82, 2.24) is 15.8 Å². The molecule has 1 atom stereocenters. The highest BCUT2D eigenvalue weighted by Gasteiger charge is 2.23. The number of hydrogen-bond donors (Lipinski definition) is 3. The van der Waals surface area contributed by atoms with E-state index in [0.29, 0.717) is 19.0 Å². The Morgan fingerprint density at radius 1 is 1.25 bits per heavy atom. The summed E-state index contributed by atoms with van der Waals surface area (Å²) < 4.78 is 5.41. The summed E-state index contributed by atoms with van der Waals surface area (Å²) in [5, 5.41) is 25.0. The van der Waals surface area contributed by atoms with Gasteiger partial charge < -0.3 is 20.3 Å². The van der Waals surface area contributed by atoms with Crippen LogP contribution in [0.2, 0.25) is 0 Å². The zero-order valence-electron chi connectivity index (χ0n) is 15.9. The van der Waals surface area contributed by atoms with Gasteiger partial charge in [-0.15, -0.1) is 24.0 Å². The van der Waals surface area contributed by atoms with E-state index in [2.05, 4.69) is 20.8 Å². The second-order valence-electron chi connectivity index (χ2n) is 6.38. The van der Waals surface area contributed by atoms with Gasteiger partial charge in [0.05, 0.1) is 13.1 Å². The van der Waals surface area contributed by atoms with Crippen LogP contribution in [-0.4, -0.2) is 29.3 Å². The molecule has 8 heteroatoms. The molecule has 0 amide bonds. The Bertz CT molecular complexity index is 863. The van der Waals surface area contributed by atoms with Gasteiger partial charge in [0.2, 0.25) is 0 Å². The van der Waals surface area contributed by atoms with Crippen molar-refractivity contribution >= 4 is 41.3 Å². The Hall–Kier alpha value is -1.91. The Morgan fingerprint density at radius 3 is 2.71 bits per heavy atom. The molecule has 0 bridgehead atoms. The summed E-state index contributed by atoms with van der Waals surface area (Å²) in [6.07, 6.45) is 0. The van der Waals surface area contributed by atoms with Crippen molar-refractivity contribution in [3.8, 4) is 11.3 Å². The molecule has 0 saturated heterocycles. The van der Waals surface area contributed by atoms with E-state index in [1.165, 1.54) is 0 Å². The zero-order chi connectivity index (χ0) is 19.1. The lowest BCUT2D eigenvalue weighted by Gasteiger charge is -2.24. The number of benzene rings is 1. The number of aliphatic imine (C=N–C) groups is 1. The summed E-state index contributed by atoms with van der Waals surface area (Å²) in [5.74, 6) is 1.34. The third kappa shape index (κ3) is 6.05. The molecule has 28 heavy (non-hydrogen) atoms. The average Bonchev–Trinajstić information content (AvgIpc) is 3.37. The van der Waals surface area contributed by atoms with Gasteiger partial charge >= 0.3 is 0 Å². The molecule has 3 rings (SSSR count). The van der Waals surface area contributed by atoms with Gasteiger partial charge in [-0.05, 0) is 36.2 Å². The van der Waals surface area contributed by atoms with Crippen LogP contribution in [0.3, 0.4) is 0 Å². The van der Waals surface area contributed by atoms with Gasteiger partial charge in [-0.1, -0.05) is 35.5 Å². The normalized spacial score (nSPS) is 13.5. The minimum atomic E-state index is -0.968. The van der Waals surface area contributed by atoms with E-state index in [1.54, 1.807) is 18.3 Å². The second-order valence-corrected chi connectivity index (χ2v) is 7.16. The summed E-state index contributed by atoms with van der Waals surface area (Å²) in [5.41, 5.74) is 1.65. The Kier molecular flexibility index (Phi) is 8.46. The predicted octanol–water partition coefficient (Wildman–Crippen LogP) is 3.98. The maximum absolute atomic E-state index is 10.6. The van der Waals surface area contributed by atoms with Crippen molar-refractivity contribution in [1.29, 1.82) is 0 Å². The van der Waals surface area contributed by atoms with Crippen LogP contribution in [0.25, 0.3) is 11.3 Å². The monoisotopic (exact) mass is 512 g/mol. The third-order valence-corrected chi connectivity index (χ3v) is 4.79. The zero-order valence-corrected chi connectivity index (χ0v) is 19.0. The maximum atomic E-state index is 10.6. The highest BCUT2D eigenvalue weighted by atomic mass is 127. The number of guanidine groups is 1. The van der Waals surface area contributed by atoms with E-state index in [9.17, 15) is 5.11 Å². The van der Waals surface area contributed by atoms with E-state index in [-0.39, 0.29) is 24.0 Å². The number of nitrogens with one attached hydrogen (secondary N) is 2. The van der Waals surface area contributed by atoms with Crippen molar-refractivity contribution in [3.05, 3.63) is 64.5 Å². The van der Waals surface area contributed by atoms with Crippen LogP contribution in [0.4, 0.5) is 0 Å².